The summed E-state index contributed by atoms with van der Waals surface area (Å²) in [5.41, 5.74) is 3.03. The molecule has 1 N–H and O–H groups in total. The molecule has 4 aromatic rings. The van der Waals surface area contributed by atoms with Crippen LogP contribution < -0.4 is 10.2 Å². The molecule has 0 aliphatic heterocycles. The maximum absolute atomic E-state index is 12.9. The van der Waals surface area contributed by atoms with E-state index >= 15 is 0 Å². The SMILES string of the molecule is COc1nc(C)nc2c1CC(c1cc(=O)c3c(O)cccc3o1)C(c1ccc(Cl)cc1)C2. The molecule has 0 amide bonds. The highest BCUT2D eigenvalue weighted by Gasteiger charge is 2.36. The Morgan fingerprint density at radius 3 is 2.62 bits per heavy atom. The Labute approximate surface area is 189 Å². The third kappa shape index (κ3) is 3.50. The number of fused-ring (bicyclic) bond motifs is 2. The number of phenolic OH excluding ortho intramolecular Hbond substituents is 1. The summed E-state index contributed by atoms with van der Waals surface area (Å²) in [7, 11) is 1.60. The molecule has 2 unspecified atom stereocenters. The minimum Gasteiger partial charge on any atom is -0.507 e. The van der Waals surface area contributed by atoms with Gasteiger partial charge in [0, 0.05) is 22.6 Å². The molecule has 0 bridgehead atoms. The number of phenols is 1. The average Bonchev–Trinajstić information content (AvgIpc) is 2.78. The lowest BCUT2D eigenvalue weighted by molar-refractivity contribution is 0.363. The highest BCUT2D eigenvalue weighted by molar-refractivity contribution is 6.30. The molecule has 2 aromatic carbocycles. The van der Waals surface area contributed by atoms with Crippen LogP contribution in [0.25, 0.3) is 11.0 Å². The van der Waals surface area contributed by atoms with E-state index in [1.807, 2.05) is 31.2 Å². The van der Waals surface area contributed by atoms with Gasteiger partial charge in [-0.1, -0.05) is 29.8 Å². The molecular formula is C25H21ClN2O4. The third-order valence-corrected chi connectivity index (χ3v) is 6.35. The zero-order valence-electron chi connectivity index (χ0n) is 17.6. The predicted molar refractivity (Wildman–Crippen MR) is 122 cm³/mol. The van der Waals surface area contributed by atoms with Crippen molar-refractivity contribution in [3.05, 3.63) is 92.2 Å². The molecule has 162 valence electrons. The van der Waals surface area contributed by atoms with Crippen molar-refractivity contribution >= 4 is 22.6 Å². The summed E-state index contributed by atoms with van der Waals surface area (Å²) in [5, 5.41) is 11.0. The van der Waals surface area contributed by atoms with Crippen LogP contribution >= 0.6 is 11.6 Å². The van der Waals surface area contributed by atoms with E-state index < -0.39 is 0 Å². The van der Waals surface area contributed by atoms with E-state index in [1.165, 1.54) is 12.1 Å². The maximum Gasteiger partial charge on any atom is 0.219 e. The molecule has 5 rings (SSSR count). The molecule has 2 atom stereocenters. The molecule has 0 spiro atoms. The smallest absolute Gasteiger partial charge is 0.219 e. The van der Waals surface area contributed by atoms with E-state index in [1.54, 1.807) is 19.2 Å². The van der Waals surface area contributed by atoms with Crippen molar-refractivity contribution in [1.82, 2.24) is 9.97 Å². The zero-order chi connectivity index (χ0) is 22.4. The average molecular weight is 449 g/mol. The number of hydrogen-bond donors (Lipinski definition) is 1. The first-order valence-electron chi connectivity index (χ1n) is 10.4. The first-order valence-corrected chi connectivity index (χ1v) is 10.7. The van der Waals surface area contributed by atoms with Crippen molar-refractivity contribution < 1.29 is 14.3 Å². The van der Waals surface area contributed by atoms with Gasteiger partial charge in [-0.15, -0.1) is 0 Å². The third-order valence-electron chi connectivity index (χ3n) is 6.10. The lowest BCUT2D eigenvalue weighted by Gasteiger charge is -2.33. The van der Waals surface area contributed by atoms with Gasteiger partial charge in [-0.3, -0.25) is 4.79 Å². The highest BCUT2D eigenvalue weighted by Crippen LogP contribution is 2.45. The minimum absolute atomic E-state index is 0.0108. The van der Waals surface area contributed by atoms with Gasteiger partial charge < -0.3 is 14.3 Å². The summed E-state index contributed by atoms with van der Waals surface area (Å²) in [6.07, 6.45) is 1.20. The van der Waals surface area contributed by atoms with Crippen LogP contribution in [0, 0.1) is 6.92 Å². The van der Waals surface area contributed by atoms with Crippen LogP contribution in [0.4, 0.5) is 0 Å². The Hall–Kier alpha value is -3.38. The van der Waals surface area contributed by atoms with Gasteiger partial charge in [-0.05, 0) is 55.5 Å². The molecule has 1 aliphatic carbocycles. The molecule has 0 saturated heterocycles. The summed E-state index contributed by atoms with van der Waals surface area (Å²) >= 11 is 6.13. The summed E-state index contributed by atoms with van der Waals surface area (Å²) in [4.78, 5) is 22.0. The van der Waals surface area contributed by atoms with Crippen molar-refractivity contribution in [2.24, 2.45) is 0 Å². The number of nitrogens with zero attached hydrogens (tertiary/aromatic N) is 2. The largest absolute Gasteiger partial charge is 0.507 e. The van der Waals surface area contributed by atoms with Crippen LogP contribution in [0.3, 0.4) is 0 Å². The van der Waals surface area contributed by atoms with Gasteiger partial charge in [0.1, 0.15) is 28.3 Å². The maximum atomic E-state index is 12.9. The number of rotatable bonds is 3. The van der Waals surface area contributed by atoms with E-state index in [0.29, 0.717) is 40.9 Å². The van der Waals surface area contributed by atoms with E-state index in [-0.39, 0.29) is 28.4 Å². The number of ether oxygens (including phenoxy) is 1. The van der Waals surface area contributed by atoms with Crippen LogP contribution in [0.5, 0.6) is 11.6 Å². The molecule has 2 aromatic heterocycles. The second-order valence-corrected chi connectivity index (χ2v) is 8.48. The fourth-order valence-corrected chi connectivity index (χ4v) is 4.76. The molecule has 0 saturated carbocycles. The predicted octanol–water partition coefficient (Wildman–Crippen LogP) is 4.93. The number of benzene rings is 2. The van der Waals surface area contributed by atoms with Crippen LogP contribution in [0.1, 0.15) is 40.2 Å². The molecule has 1 aliphatic rings. The van der Waals surface area contributed by atoms with Gasteiger partial charge in [0.2, 0.25) is 5.88 Å². The number of hydrogen-bond acceptors (Lipinski definition) is 6. The Kier molecular flexibility index (Phi) is 5.10. The normalized spacial score (nSPS) is 17.8. The fourth-order valence-electron chi connectivity index (χ4n) is 4.63. The Bertz CT molecular complexity index is 1380. The van der Waals surface area contributed by atoms with E-state index in [0.717, 1.165) is 16.8 Å². The summed E-state index contributed by atoms with van der Waals surface area (Å²) < 4.78 is 11.7. The van der Waals surface area contributed by atoms with E-state index in [2.05, 4.69) is 9.97 Å². The van der Waals surface area contributed by atoms with Gasteiger partial charge in [-0.25, -0.2) is 4.98 Å². The van der Waals surface area contributed by atoms with Crippen molar-refractivity contribution in [2.75, 3.05) is 7.11 Å². The molecule has 6 nitrogen and oxygen atoms in total. The first kappa shape index (κ1) is 20.5. The van der Waals surface area contributed by atoms with Crippen molar-refractivity contribution in [2.45, 2.75) is 31.6 Å². The topological polar surface area (TPSA) is 85.5 Å². The standard InChI is InChI=1S/C25H21ClN2O4/c1-13-27-19-11-16(14-6-8-15(26)9-7-14)17(10-18(19)25(28-13)31-2)23-12-21(30)24-20(29)4-3-5-22(24)32-23/h3-9,12,16-17,29H,10-11H2,1-2H3. The summed E-state index contributed by atoms with van der Waals surface area (Å²) in [6.45, 7) is 1.85. The fraction of sp³-hybridized carbons (Fsp3) is 0.240. The molecule has 0 fully saturated rings. The van der Waals surface area contributed by atoms with Gasteiger partial charge in [0.05, 0.1) is 12.8 Å². The number of aryl methyl sites for hydroxylation is 1. The number of methoxy groups -OCH3 is 1. The molecule has 0 radical (unpaired) electrons. The molecule has 7 heteroatoms. The van der Waals surface area contributed by atoms with Crippen LogP contribution in [-0.4, -0.2) is 22.2 Å². The van der Waals surface area contributed by atoms with Crippen LogP contribution in [0.2, 0.25) is 5.02 Å². The minimum atomic E-state index is -0.271. The monoisotopic (exact) mass is 448 g/mol. The summed E-state index contributed by atoms with van der Waals surface area (Å²) in [6, 6.07) is 14.1. The second kappa shape index (κ2) is 7.95. The van der Waals surface area contributed by atoms with Crippen LogP contribution in [-0.2, 0) is 12.8 Å². The number of halogens is 1. The van der Waals surface area contributed by atoms with E-state index in [9.17, 15) is 9.90 Å². The number of aromatic hydroxyl groups is 1. The van der Waals surface area contributed by atoms with E-state index in [4.69, 9.17) is 20.8 Å². The van der Waals surface area contributed by atoms with Crippen molar-refractivity contribution in [3.63, 3.8) is 0 Å². The second-order valence-electron chi connectivity index (χ2n) is 8.04. The van der Waals surface area contributed by atoms with Gasteiger partial charge >= 0.3 is 0 Å². The van der Waals surface area contributed by atoms with Crippen molar-refractivity contribution in [1.29, 1.82) is 0 Å². The van der Waals surface area contributed by atoms with Crippen LogP contribution in [0.15, 0.2) is 57.7 Å². The Morgan fingerprint density at radius 1 is 1.09 bits per heavy atom. The lowest BCUT2D eigenvalue weighted by atomic mass is 9.73. The van der Waals surface area contributed by atoms with Gasteiger partial charge in [-0.2, -0.15) is 4.98 Å². The highest BCUT2D eigenvalue weighted by atomic mass is 35.5. The Morgan fingerprint density at radius 2 is 1.88 bits per heavy atom. The van der Waals surface area contributed by atoms with Crippen molar-refractivity contribution in [3.8, 4) is 11.6 Å². The van der Waals surface area contributed by atoms with Gasteiger partial charge in [0.15, 0.2) is 5.43 Å². The molecular weight excluding hydrogens is 428 g/mol. The molecule has 2 heterocycles. The van der Waals surface area contributed by atoms with Gasteiger partial charge in [0.25, 0.3) is 0 Å². The Balaban J connectivity index is 1.70. The quantitative estimate of drug-likeness (QED) is 0.478. The lowest BCUT2D eigenvalue weighted by Crippen LogP contribution is -2.25. The summed E-state index contributed by atoms with van der Waals surface area (Å²) in [5.74, 6) is 1.53. The zero-order valence-corrected chi connectivity index (χ0v) is 18.4. The molecule has 32 heavy (non-hydrogen) atoms. The number of aromatic nitrogens is 2. The first-order chi connectivity index (χ1) is 15.4.